The van der Waals surface area contributed by atoms with E-state index >= 15 is 0 Å². The quantitative estimate of drug-likeness (QED) is 0.555. The van der Waals surface area contributed by atoms with Gasteiger partial charge in [0, 0.05) is 44.1 Å². The number of amides is 1. The molecule has 11 nitrogen and oxygen atoms in total. The van der Waals surface area contributed by atoms with E-state index in [2.05, 4.69) is 44.3 Å². The number of carbonyl (C=O) groups is 2. The average Bonchev–Trinajstić information content (AvgIpc) is 3.15. The molecule has 0 aromatic carbocycles. The molecule has 1 atom stereocenters. The van der Waals surface area contributed by atoms with Crippen LogP contribution < -0.4 is 15.0 Å². The van der Waals surface area contributed by atoms with Gasteiger partial charge < -0.3 is 29.4 Å². The highest BCUT2D eigenvalue weighted by molar-refractivity contribution is 6.05. The Morgan fingerprint density at radius 3 is 2.70 bits per heavy atom. The molecule has 176 valence electrons. The van der Waals surface area contributed by atoms with E-state index in [-0.39, 0.29) is 12.4 Å². The first-order valence-corrected chi connectivity index (χ1v) is 10.7. The lowest BCUT2D eigenvalue weighted by atomic mass is 10.2. The summed E-state index contributed by atoms with van der Waals surface area (Å²) in [6.45, 7) is 8.98. The highest BCUT2D eigenvalue weighted by Gasteiger charge is 2.22. The Bertz CT molecular complexity index is 1100. The molecular formula is C22H29N7O4. The van der Waals surface area contributed by atoms with Crippen molar-refractivity contribution in [3.05, 3.63) is 41.9 Å². The summed E-state index contributed by atoms with van der Waals surface area (Å²) >= 11 is 0. The maximum Gasteiger partial charge on any atom is 0.290 e. The number of fused-ring (bicyclic) bond motifs is 1. The lowest BCUT2D eigenvalue weighted by Gasteiger charge is -2.38. The minimum Gasteiger partial charge on any atom is -0.493 e. The van der Waals surface area contributed by atoms with Crippen LogP contribution in [0.3, 0.4) is 0 Å². The zero-order valence-electron chi connectivity index (χ0n) is 19.2. The van der Waals surface area contributed by atoms with Crippen molar-refractivity contribution in [1.29, 1.82) is 0 Å². The van der Waals surface area contributed by atoms with E-state index in [1.807, 2.05) is 30.5 Å². The number of nitrogens with one attached hydrogen (secondary N) is 1. The summed E-state index contributed by atoms with van der Waals surface area (Å²) in [6.07, 6.45) is 3.59. The van der Waals surface area contributed by atoms with Crippen LogP contribution >= 0.6 is 0 Å². The standard InChI is InChI=1S/C21H27N7O2.CH2O2/c1-5-30-17-10-20-22-14(2)11-28(20)13-16(17)21(29)23-18-6-7-19(25-24-18)27-9-8-26(4)15(3)12-27;2-1-3/h6-7,10-11,13,15H,5,8-9,12H2,1-4H3,(H,23,24,29);1H,(H,2,3)/t15-;/m0./s1. The lowest BCUT2D eigenvalue weighted by Crippen LogP contribution is -2.50. The Balaban J connectivity index is 0.000000968. The Labute approximate surface area is 192 Å². The summed E-state index contributed by atoms with van der Waals surface area (Å²) in [7, 11) is 2.13. The number of hydrogen-bond donors (Lipinski definition) is 2. The number of pyridine rings is 1. The van der Waals surface area contributed by atoms with E-state index in [1.165, 1.54) is 0 Å². The number of anilines is 2. The van der Waals surface area contributed by atoms with E-state index in [0.29, 0.717) is 29.8 Å². The third kappa shape index (κ3) is 5.75. The average molecular weight is 456 g/mol. The van der Waals surface area contributed by atoms with Gasteiger partial charge in [-0.3, -0.25) is 9.59 Å². The minimum absolute atomic E-state index is 0.250. The molecule has 0 saturated carbocycles. The van der Waals surface area contributed by atoms with Crippen molar-refractivity contribution in [2.24, 2.45) is 0 Å². The number of ether oxygens (including phenoxy) is 1. The first-order valence-electron chi connectivity index (χ1n) is 10.7. The summed E-state index contributed by atoms with van der Waals surface area (Å²) in [4.78, 5) is 30.2. The fraction of sp³-hybridized carbons (Fsp3) is 0.409. The highest BCUT2D eigenvalue weighted by atomic mass is 16.5. The topological polar surface area (TPSA) is 125 Å². The molecule has 0 unspecified atom stereocenters. The van der Waals surface area contributed by atoms with Crippen LogP contribution in [0.15, 0.2) is 30.6 Å². The third-order valence-electron chi connectivity index (χ3n) is 5.40. The van der Waals surface area contributed by atoms with Crippen molar-refractivity contribution < 1.29 is 19.4 Å². The Morgan fingerprint density at radius 2 is 2.06 bits per heavy atom. The van der Waals surface area contributed by atoms with Crippen LogP contribution in [0.25, 0.3) is 5.65 Å². The molecule has 1 aliphatic heterocycles. The molecule has 3 aromatic rings. The molecule has 1 aliphatic rings. The summed E-state index contributed by atoms with van der Waals surface area (Å²) in [5.41, 5.74) is 2.02. The molecule has 2 N–H and O–H groups in total. The number of likely N-dealkylation sites (N-methyl/N-ethyl adjacent to an activating group) is 1. The van der Waals surface area contributed by atoms with E-state index in [1.54, 1.807) is 18.3 Å². The van der Waals surface area contributed by atoms with Crippen LogP contribution in [-0.2, 0) is 4.79 Å². The number of hydrogen-bond acceptors (Lipinski definition) is 8. The molecule has 1 amide bonds. The van der Waals surface area contributed by atoms with E-state index < -0.39 is 0 Å². The normalized spacial score (nSPS) is 16.1. The number of piperazine rings is 1. The van der Waals surface area contributed by atoms with Gasteiger partial charge in [0.25, 0.3) is 12.4 Å². The molecule has 0 radical (unpaired) electrons. The number of carbonyl (C=O) groups excluding carboxylic acids is 1. The van der Waals surface area contributed by atoms with Gasteiger partial charge in [-0.15, -0.1) is 10.2 Å². The predicted molar refractivity (Wildman–Crippen MR) is 124 cm³/mol. The summed E-state index contributed by atoms with van der Waals surface area (Å²) in [6, 6.07) is 5.91. The molecule has 0 aliphatic carbocycles. The highest BCUT2D eigenvalue weighted by Crippen LogP contribution is 2.23. The van der Waals surface area contributed by atoms with Gasteiger partial charge in [0.2, 0.25) is 0 Å². The second kappa shape index (κ2) is 10.7. The van der Waals surface area contributed by atoms with Crippen molar-refractivity contribution in [1.82, 2.24) is 24.5 Å². The SMILES string of the molecule is CCOc1cc2nc(C)cn2cc1C(=O)Nc1ccc(N2CCN(C)[C@@H](C)C2)nn1.O=CO. The van der Waals surface area contributed by atoms with Gasteiger partial charge in [-0.2, -0.15) is 0 Å². The second-order valence-corrected chi connectivity index (χ2v) is 7.74. The van der Waals surface area contributed by atoms with Gasteiger partial charge in [0.1, 0.15) is 11.4 Å². The Hall–Kier alpha value is -3.73. The van der Waals surface area contributed by atoms with Crippen LogP contribution in [0.4, 0.5) is 11.6 Å². The summed E-state index contributed by atoms with van der Waals surface area (Å²) < 4.78 is 7.49. The molecule has 0 spiro atoms. The molecule has 0 bridgehead atoms. The van der Waals surface area contributed by atoms with E-state index in [4.69, 9.17) is 14.6 Å². The Morgan fingerprint density at radius 1 is 1.30 bits per heavy atom. The Kier molecular flexibility index (Phi) is 7.78. The smallest absolute Gasteiger partial charge is 0.290 e. The molecule has 3 aromatic heterocycles. The fourth-order valence-corrected chi connectivity index (χ4v) is 3.59. The molecule has 1 fully saturated rings. The largest absolute Gasteiger partial charge is 0.493 e. The van der Waals surface area contributed by atoms with Crippen LogP contribution in [-0.4, -0.2) is 81.3 Å². The maximum absolute atomic E-state index is 12.9. The molecule has 4 heterocycles. The summed E-state index contributed by atoms with van der Waals surface area (Å²) in [5.74, 6) is 1.40. The number of rotatable bonds is 5. The molecule has 4 rings (SSSR count). The molecular weight excluding hydrogens is 426 g/mol. The minimum atomic E-state index is -0.304. The third-order valence-corrected chi connectivity index (χ3v) is 5.40. The van der Waals surface area contributed by atoms with Crippen molar-refractivity contribution in [3.63, 3.8) is 0 Å². The number of imidazole rings is 1. The first-order chi connectivity index (χ1) is 15.9. The monoisotopic (exact) mass is 455 g/mol. The maximum atomic E-state index is 12.9. The van der Waals surface area contributed by atoms with Gasteiger partial charge in [-0.1, -0.05) is 0 Å². The van der Waals surface area contributed by atoms with Crippen LogP contribution in [0.2, 0.25) is 0 Å². The van der Waals surface area contributed by atoms with Crippen molar-refractivity contribution >= 4 is 29.7 Å². The number of carboxylic acid groups (broad SMARTS) is 1. The zero-order valence-corrected chi connectivity index (χ0v) is 19.2. The van der Waals surface area contributed by atoms with Crippen molar-refractivity contribution in [2.75, 3.05) is 43.5 Å². The molecule has 11 heteroatoms. The second-order valence-electron chi connectivity index (χ2n) is 7.74. The van der Waals surface area contributed by atoms with Gasteiger partial charge in [0.15, 0.2) is 11.6 Å². The van der Waals surface area contributed by atoms with Crippen LogP contribution in [0.1, 0.15) is 29.9 Å². The van der Waals surface area contributed by atoms with Crippen LogP contribution in [0.5, 0.6) is 5.75 Å². The fourth-order valence-electron chi connectivity index (χ4n) is 3.59. The number of aromatic nitrogens is 4. The summed E-state index contributed by atoms with van der Waals surface area (Å²) in [5, 5.41) is 18.2. The predicted octanol–water partition coefficient (Wildman–Crippen LogP) is 1.92. The first kappa shape index (κ1) is 23.9. The lowest BCUT2D eigenvalue weighted by molar-refractivity contribution is -0.122. The molecule has 33 heavy (non-hydrogen) atoms. The van der Waals surface area contributed by atoms with Gasteiger partial charge in [0.05, 0.1) is 17.9 Å². The van der Waals surface area contributed by atoms with Crippen molar-refractivity contribution in [3.8, 4) is 5.75 Å². The van der Waals surface area contributed by atoms with Crippen LogP contribution in [0, 0.1) is 6.92 Å². The van der Waals surface area contributed by atoms with E-state index in [0.717, 1.165) is 36.8 Å². The van der Waals surface area contributed by atoms with Crippen molar-refractivity contribution in [2.45, 2.75) is 26.8 Å². The number of aryl methyl sites for hydroxylation is 1. The molecule has 1 saturated heterocycles. The van der Waals surface area contributed by atoms with Gasteiger partial charge in [-0.05, 0) is 40.0 Å². The van der Waals surface area contributed by atoms with Gasteiger partial charge >= 0.3 is 0 Å². The van der Waals surface area contributed by atoms with E-state index in [9.17, 15) is 4.79 Å². The van der Waals surface area contributed by atoms with Gasteiger partial charge in [-0.25, -0.2) is 4.98 Å². The number of nitrogens with zero attached hydrogens (tertiary/aromatic N) is 6. The zero-order chi connectivity index (χ0) is 24.0.